The van der Waals surface area contributed by atoms with Crippen molar-refractivity contribution in [2.75, 3.05) is 6.54 Å². The minimum absolute atomic E-state index is 0.107. The highest BCUT2D eigenvalue weighted by Gasteiger charge is 2.14. The average Bonchev–Trinajstić information content (AvgIpc) is 2.87. The zero-order valence-corrected chi connectivity index (χ0v) is 15.1. The minimum Gasteiger partial charge on any atom is -0.356 e. The molecular formula is C20H28N4O. The molecule has 0 radical (unpaired) electrons. The number of hydrogen-bond donors (Lipinski definition) is 1. The van der Waals surface area contributed by atoms with Crippen molar-refractivity contribution in [1.29, 1.82) is 0 Å². The number of carbonyl (C=O) groups is 1. The Balaban J connectivity index is 1.41. The fraction of sp³-hybridized carbons (Fsp3) is 0.550. The van der Waals surface area contributed by atoms with Crippen molar-refractivity contribution >= 4 is 5.91 Å². The zero-order valence-electron chi connectivity index (χ0n) is 15.1. The molecule has 1 amide bonds. The Bertz CT molecular complexity index is 690. The molecule has 25 heavy (non-hydrogen) atoms. The van der Waals surface area contributed by atoms with Crippen LogP contribution in [0.3, 0.4) is 0 Å². The summed E-state index contributed by atoms with van der Waals surface area (Å²) in [5.74, 6) is 2.22. The molecule has 1 N–H and O–H groups in total. The topological polar surface area (TPSA) is 59.8 Å². The van der Waals surface area contributed by atoms with Crippen molar-refractivity contribution in [2.24, 2.45) is 0 Å². The molecule has 0 unspecified atom stereocenters. The van der Waals surface area contributed by atoms with Gasteiger partial charge >= 0.3 is 0 Å². The maximum Gasteiger partial charge on any atom is 0.220 e. The number of nitrogens with zero attached hydrogens (tertiary/aromatic N) is 3. The summed E-state index contributed by atoms with van der Waals surface area (Å²) in [6.45, 7) is 3.79. The Hall–Kier alpha value is -2.17. The molecule has 3 rings (SSSR count). The fourth-order valence-electron chi connectivity index (χ4n) is 3.33. The van der Waals surface area contributed by atoms with E-state index in [9.17, 15) is 4.79 Å². The first-order chi connectivity index (χ1) is 12.3. The van der Waals surface area contributed by atoms with Gasteiger partial charge in [0.25, 0.3) is 0 Å². The molecule has 1 aromatic heterocycles. The zero-order chi connectivity index (χ0) is 17.5. The molecule has 0 bridgehead atoms. The number of amides is 1. The van der Waals surface area contributed by atoms with Gasteiger partial charge in [-0.05, 0) is 36.8 Å². The van der Waals surface area contributed by atoms with E-state index in [-0.39, 0.29) is 5.91 Å². The molecule has 0 fully saturated rings. The molecule has 5 heteroatoms. The van der Waals surface area contributed by atoms with Gasteiger partial charge in [0.2, 0.25) is 5.91 Å². The second-order valence-electron chi connectivity index (χ2n) is 6.76. The SMILES string of the molecule is CCc1ccc(CCC(=O)NCCc2nnc3n2CCCCC3)cc1. The van der Waals surface area contributed by atoms with Crippen LogP contribution in [0, 0.1) is 0 Å². The first kappa shape index (κ1) is 17.6. The number of nitrogens with one attached hydrogen (secondary N) is 1. The van der Waals surface area contributed by atoms with E-state index < -0.39 is 0 Å². The van der Waals surface area contributed by atoms with Crippen molar-refractivity contribution in [3.8, 4) is 0 Å². The molecule has 1 aliphatic heterocycles. The minimum atomic E-state index is 0.107. The maximum absolute atomic E-state index is 12.1. The number of benzene rings is 1. The first-order valence-electron chi connectivity index (χ1n) is 9.51. The van der Waals surface area contributed by atoms with Gasteiger partial charge in [-0.15, -0.1) is 10.2 Å². The third kappa shape index (κ3) is 4.91. The molecule has 0 saturated carbocycles. The molecule has 2 heterocycles. The normalized spacial score (nSPS) is 14.0. The Labute approximate surface area is 149 Å². The Morgan fingerprint density at radius 2 is 1.88 bits per heavy atom. The summed E-state index contributed by atoms with van der Waals surface area (Å²) in [7, 11) is 0. The van der Waals surface area contributed by atoms with Crippen LogP contribution in [0.15, 0.2) is 24.3 Å². The predicted molar refractivity (Wildman–Crippen MR) is 98.4 cm³/mol. The maximum atomic E-state index is 12.1. The highest BCUT2D eigenvalue weighted by molar-refractivity contribution is 5.76. The monoisotopic (exact) mass is 340 g/mol. The van der Waals surface area contributed by atoms with Crippen molar-refractivity contribution < 1.29 is 4.79 Å². The summed E-state index contributed by atoms with van der Waals surface area (Å²) in [4.78, 5) is 12.1. The van der Waals surface area contributed by atoms with E-state index in [2.05, 4.69) is 51.3 Å². The lowest BCUT2D eigenvalue weighted by Gasteiger charge is -2.08. The molecule has 1 aliphatic rings. The van der Waals surface area contributed by atoms with Gasteiger partial charge in [0.15, 0.2) is 0 Å². The van der Waals surface area contributed by atoms with E-state index in [0.29, 0.717) is 13.0 Å². The second-order valence-corrected chi connectivity index (χ2v) is 6.76. The number of aryl methyl sites for hydroxylation is 3. The predicted octanol–water partition coefficient (Wildman–Crippen LogP) is 2.86. The van der Waals surface area contributed by atoms with Crippen LogP contribution < -0.4 is 5.32 Å². The van der Waals surface area contributed by atoms with Crippen LogP contribution in [0.1, 0.15) is 55.4 Å². The standard InChI is InChI=1S/C20H28N4O/c1-2-16-7-9-17(10-8-16)11-12-20(25)21-14-13-19-23-22-18-6-4-3-5-15-24(18)19/h7-10H,2-6,11-15H2,1H3,(H,21,25). The van der Waals surface area contributed by atoms with Gasteiger partial charge in [0.05, 0.1) is 0 Å². The molecule has 1 aromatic carbocycles. The molecule has 0 saturated heterocycles. The van der Waals surface area contributed by atoms with E-state index in [1.165, 1.54) is 30.4 Å². The number of hydrogen-bond acceptors (Lipinski definition) is 3. The van der Waals surface area contributed by atoms with E-state index in [1.807, 2.05) is 0 Å². The van der Waals surface area contributed by atoms with Gasteiger partial charge in [-0.2, -0.15) is 0 Å². The Morgan fingerprint density at radius 1 is 1.08 bits per heavy atom. The van der Waals surface area contributed by atoms with Gasteiger partial charge in [-0.1, -0.05) is 37.6 Å². The number of rotatable bonds is 7. The highest BCUT2D eigenvalue weighted by atomic mass is 16.1. The van der Waals surface area contributed by atoms with Crippen molar-refractivity contribution in [3.63, 3.8) is 0 Å². The first-order valence-corrected chi connectivity index (χ1v) is 9.51. The Morgan fingerprint density at radius 3 is 2.68 bits per heavy atom. The van der Waals surface area contributed by atoms with Gasteiger partial charge in [-0.25, -0.2) is 0 Å². The third-order valence-corrected chi connectivity index (χ3v) is 4.93. The highest BCUT2D eigenvalue weighted by Crippen LogP contribution is 2.14. The van der Waals surface area contributed by atoms with Crippen molar-refractivity contribution in [1.82, 2.24) is 20.1 Å². The van der Waals surface area contributed by atoms with Gasteiger partial charge in [0.1, 0.15) is 11.6 Å². The Kier molecular flexibility index (Phi) is 6.20. The summed E-state index contributed by atoms with van der Waals surface area (Å²) >= 11 is 0. The van der Waals surface area contributed by atoms with Gasteiger partial charge < -0.3 is 9.88 Å². The number of fused-ring (bicyclic) bond motifs is 1. The van der Waals surface area contributed by atoms with Crippen LogP contribution in [0.4, 0.5) is 0 Å². The summed E-state index contributed by atoms with van der Waals surface area (Å²) in [6.07, 6.45) is 7.81. The quantitative estimate of drug-likeness (QED) is 0.843. The lowest BCUT2D eigenvalue weighted by Crippen LogP contribution is -2.26. The number of aromatic nitrogens is 3. The van der Waals surface area contributed by atoms with E-state index in [1.54, 1.807) is 0 Å². The molecule has 134 valence electrons. The van der Waals surface area contributed by atoms with Gasteiger partial charge in [0, 0.05) is 32.4 Å². The smallest absolute Gasteiger partial charge is 0.220 e. The van der Waals surface area contributed by atoms with E-state index in [0.717, 1.165) is 43.9 Å². The van der Waals surface area contributed by atoms with Crippen LogP contribution in [0.5, 0.6) is 0 Å². The summed E-state index contributed by atoms with van der Waals surface area (Å²) in [6, 6.07) is 8.53. The van der Waals surface area contributed by atoms with Crippen LogP contribution in [-0.2, 0) is 37.0 Å². The second kappa shape index (κ2) is 8.79. The molecule has 0 spiro atoms. The summed E-state index contributed by atoms with van der Waals surface area (Å²) in [5, 5.41) is 11.6. The van der Waals surface area contributed by atoms with E-state index >= 15 is 0 Å². The summed E-state index contributed by atoms with van der Waals surface area (Å²) < 4.78 is 2.24. The third-order valence-electron chi connectivity index (χ3n) is 4.93. The van der Waals surface area contributed by atoms with Gasteiger partial charge in [-0.3, -0.25) is 4.79 Å². The molecule has 0 atom stereocenters. The largest absolute Gasteiger partial charge is 0.356 e. The van der Waals surface area contributed by atoms with Crippen LogP contribution >= 0.6 is 0 Å². The average molecular weight is 340 g/mol. The van der Waals surface area contributed by atoms with Crippen molar-refractivity contribution in [3.05, 3.63) is 47.0 Å². The molecule has 2 aromatic rings. The molecule has 0 aliphatic carbocycles. The van der Waals surface area contributed by atoms with E-state index in [4.69, 9.17) is 0 Å². The van der Waals surface area contributed by atoms with Crippen LogP contribution in [-0.4, -0.2) is 27.2 Å². The number of carbonyl (C=O) groups excluding carboxylic acids is 1. The lowest BCUT2D eigenvalue weighted by molar-refractivity contribution is -0.121. The van der Waals surface area contributed by atoms with Crippen molar-refractivity contribution in [2.45, 2.75) is 64.8 Å². The molecule has 5 nitrogen and oxygen atoms in total. The molecular weight excluding hydrogens is 312 g/mol. The summed E-state index contributed by atoms with van der Waals surface area (Å²) in [5.41, 5.74) is 2.55. The fourth-order valence-corrected chi connectivity index (χ4v) is 3.33. The van der Waals surface area contributed by atoms with Crippen LogP contribution in [0.2, 0.25) is 0 Å². The van der Waals surface area contributed by atoms with Crippen LogP contribution in [0.25, 0.3) is 0 Å². The lowest BCUT2D eigenvalue weighted by atomic mass is 10.1.